The molecule has 6 heteroatoms. The maximum absolute atomic E-state index is 5.62. The second-order valence-electron chi connectivity index (χ2n) is 7.64. The molecule has 150 valence electrons. The Labute approximate surface area is 172 Å². The van der Waals surface area contributed by atoms with E-state index in [2.05, 4.69) is 47.0 Å². The van der Waals surface area contributed by atoms with E-state index in [1.165, 1.54) is 22.4 Å². The fourth-order valence-electron chi connectivity index (χ4n) is 3.88. The molecule has 0 aliphatic carbocycles. The fraction of sp³-hybridized carbons (Fsp3) is 0.500. The number of methoxy groups -OCH3 is 1. The van der Waals surface area contributed by atoms with Gasteiger partial charge in [-0.15, -0.1) is 0 Å². The van der Waals surface area contributed by atoms with Crippen molar-refractivity contribution >= 4 is 17.6 Å². The van der Waals surface area contributed by atoms with Crippen molar-refractivity contribution in [1.82, 2.24) is 9.88 Å². The third-order valence-electron chi connectivity index (χ3n) is 5.63. The molecule has 1 N–H and O–H groups in total. The Kier molecular flexibility index (Phi) is 6.40. The first-order valence-corrected chi connectivity index (χ1v) is 10.9. The van der Waals surface area contributed by atoms with Gasteiger partial charge in [0.15, 0.2) is 0 Å². The van der Waals surface area contributed by atoms with Gasteiger partial charge in [-0.2, -0.15) is 0 Å². The van der Waals surface area contributed by atoms with Crippen molar-refractivity contribution in [2.24, 2.45) is 0 Å². The molecule has 0 radical (unpaired) electrons. The van der Waals surface area contributed by atoms with Gasteiger partial charge < -0.3 is 19.1 Å². The Balaban J connectivity index is 1.44. The Morgan fingerprint density at radius 3 is 2.79 bits per heavy atom. The zero-order valence-corrected chi connectivity index (χ0v) is 17.6. The number of hydrogen-bond donors (Lipinski definition) is 1. The third kappa shape index (κ3) is 4.62. The number of benzene rings is 1. The van der Waals surface area contributed by atoms with Crippen LogP contribution in [0.3, 0.4) is 0 Å². The van der Waals surface area contributed by atoms with Crippen LogP contribution in [0, 0.1) is 0 Å². The van der Waals surface area contributed by atoms with E-state index in [9.17, 15) is 0 Å². The molecule has 2 aromatic rings. The molecular weight excluding hydrogens is 370 g/mol. The number of aromatic nitrogens is 1. The summed E-state index contributed by atoms with van der Waals surface area (Å²) < 4.78 is 14.6. The summed E-state index contributed by atoms with van der Waals surface area (Å²) >= 11 is 1.60. The maximum Gasteiger partial charge on any atom is 0.238 e. The van der Waals surface area contributed by atoms with Crippen molar-refractivity contribution in [3.05, 3.63) is 47.2 Å². The van der Waals surface area contributed by atoms with Crippen LogP contribution in [0.5, 0.6) is 5.88 Å². The van der Waals surface area contributed by atoms with Gasteiger partial charge >= 0.3 is 0 Å². The quantitative estimate of drug-likeness (QED) is 0.763. The average molecular weight is 400 g/mol. The fourth-order valence-corrected chi connectivity index (χ4v) is 4.53. The molecule has 4 rings (SSSR count). The minimum Gasteiger partial charge on any atom is -0.479 e. The summed E-state index contributed by atoms with van der Waals surface area (Å²) in [5.74, 6) is 1.21. The molecule has 0 amide bonds. The summed E-state index contributed by atoms with van der Waals surface area (Å²) in [5.41, 5.74) is 4.80. The molecule has 1 fully saturated rings. The second kappa shape index (κ2) is 9.16. The smallest absolute Gasteiger partial charge is 0.238 e. The van der Waals surface area contributed by atoms with Gasteiger partial charge in [0.1, 0.15) is 5.69 Å². The predicted molar refractivity (Wildman–Crippen MR) is 114 cm³/mol. The van der Waals surface area contributed by atoms with Gasteiger partial charge in [0.25, 0.3) is 0 Å². The number of ether oxygens (including phenoxy) is 2. The lowest BCUT2D eigenvalue weighted by Gasteiger charge is -2.22. The summed E-state index contributed by atoms with van der Waals surface area (Å²) in [5, 5.41) is 0. The number of anilines is 1. The zero-order chi connectivity index (χ0) is 19.3. The van der Waals surface area contributed by atoms with E-state index in [1.54, 1.807) is 19.1 Å². The molecular formula is C22H29N3O2S. The lowest BCUT2D eigenvalue weighted by atomic mass is 9.94. The summed E-state index contributed by atoms with van der Waals surface area (Å²) in [6, 6.07) is 11.0. The van der Waals surface area contributed by atoms with Gasteiger partial charge in [-0.1, -0.05) is 12.1 Å². The van der Waals surface area contributed by atoms with E-state index >= 15 is 0 Å². The zero-order valence-electron chi connectivity index (χ0n) is 16.7. The highest BCUT2D eigenvalue weighted by molar-refractivity contribution is 8.00. The first-order chi connectivity index (χ1) is 13.7. The highest BCUT2D eigenvalue weighted by Crippen LogP contribution is 2.32. The van der Waals surface area contributed by atoms with Crippen LogP contribution in [-0.4, -0.2) is 50.3 Å². The van der Waals surface area contributed by atoms with Crippen molar-refractivity contribution in [2.75, 3.05) is 45.2 Å². The highest BCUT2D eigenvalue weighted by Gasteiger charge is 2.18. The molecule has 0 spiro atoms. The van der Waals surface area contributed by atoms with E-state index in [0.29, 0.717) is 11.8 Å². The predicted octanol–water partition coefficient (Wildman–Crippen LogP) is 4.13. The van der Waals surface area contributed by atoms with Crippen LogP contribution >= 0.6 is 11.9 Å². The van der Waals surface area contributed by atoms with Crippen molar-refractivity contribution in [2.45, 2.75) is 36.5 Å². The summed E-state index contributed by atoms with van der Waals surface area (Å²) in [6.07, 6.45) is 4.38. The third-order valence-corrected chi connectivity index (χ3v) is 6.46. The summed E-state index contributed by atoms with van der Waals surface area (Å²) in [4.78, 5) is 8.31. The molecule has 3 heterocycles. The van der Waals surface area contributed by atoms with Gasteiger partial charge in [0.05, 0.1) is 13.7 Å². The van der Waals surface area contributed by atoms with E-state index < -0.39 is 0 Å². The monoisotopic (exact) mass is 399 g/mol. The summed E-state index contributed by atoms with van der Waals surface area (Å²) in [6.45, 7) is 3.86. The van der Waals surface area contributed by atoms with Crippen molar-refractivity contribution in [3.8, 4) is 5.88 Å². The average Bonchev–Trinajstić information content (AvgIpc) is 2.93. The Hall–Kier alpha value is -1.76. The van der Waals surface area contributed by atoms with Crippen LogP contribution in [0.2, 0.25) is 0 Å². The molecule has 1 saturated heterocycles. The minimum atomic E-state index is 0.535. The van der Waals surface area contributed by atoms with Crippen molar-refractivity contribution in [1.29, 1.82) is 0 Å². The molecule has 0 bridgehead atoms. The number of rotatable bonds is 5. The van der Waals surface area contributed by atoms with Crippen LogP contribution in [0.4, 0.5) is 5.69 Å². The lowest BCUT2D eigenvalue weighted by Crippen LogP contribution is -2.20. The number of nitrogens with one attached hydrogen (secondary N) is 1. The highest BCUT2D eigenvalue weighted by atomic mass is 32.2. The molecule has 28 heavy (non-hydrogen) atoms. The summed E-state index contributed by atoms with van der Waals surface area (Å²) in [7, 11) is 3.86. The van der Waals surface area contributed by atoms with Gasteiger partial charge in [-0.05, 0) is 67.6 Å². The van der Waals surface area contributed by atoms with Crippen LogP contribution in [0.25, 0.3) is 0 Å². The molecule has 1 aromatic heterocycles. The first kappa shape index (κ1) is 19.6. The maximum atomic E-state index is 5.62. The standard InChI is InChI=1S/C22H29N3O2S/c1-25-11-9-17-14-21(22(26-2)23-20(17)10-12-25)24-28-19-7-5-16(6-8-19)18-4-3-13-27-15-18/h5-8,14,18,24H,3-4,9-13,15H2,1-2H3. The van der Waals surface area contributed by atoms with Crippen molar-refractivity contribution in [3.63, 3.8) is 0 Å². The van der Waals surface area contributed by atoms with Crippen LogP contribution in [0.1, 0.15) is 35.6 Å². The van der Waals surface area contributed by atoms with Gasteiger partial charge in [0.2, 0.25) is 5.88 Å². The normalized spacial score (nSPS) is 20.3. The van der Waals surface area contributed by atoms with E-state index in [1.807, 2.05) is 0 Å². The second-order valence-corrected chi connectivity index (χ2v) is 8.52. The van der Waals surface area contributed by atoms with Crippen LogP contribution in [0.15, 0.2) is 35.2 Å². The van der Waals surface area contributed by atoms with Gasteiger partial charge in [-0.3, -0.25) is 0 Å². The molecule has 2 aliphatic rings. The van der Waals surface area contributed by atoms with Crippen LogP contribution in [-0.2, 0) is 17.6 Å². The van der Waals surface area contributed by atoms with E-state index in [4.69, 9.17) is 14.5 Å². The van der Waals surface area contributed by atoms with Crippen molar-refractivity contribution < 1.29 is 9.47 Å². The lowest BCUT2D eigenvalue weighted by molar-refractivity contribution is 0.0804. The Bertz CT molecular complexity index is 791. The molecule has 1 aromatic carbocycles. The number of hydrogen-bond acceptors (Lipinski definition) is 6. The van der Waals surface area contributed by atoms with Gasteiger partial charge in [0, 0.05) is 42.6 Å². The minimum absolute atomic E-state index is 0.535. The molecule has 0 saturated carbocycles. The number of nitrogens with zero attached hydrogens (tertiary/aromatic N) is 2. The Morgan fingerprint density at radius 1 is 1.21 bits per heavy atom. The molecule has 1 unspecified atom stereocenters. The molecule has 5 nitrogen and oxygen atoms in total. The number of pyridine rings is 1. The van der Waals surface area contributed by atoms with E-state index in [0.717, 1.165) is 56.9 Å². The Morgan fingerprint density at radius 2 is 2.04 bits per heavy atom. The topological polar surface area (TPSA) is 46.6 Å². The SMILES string of the molecule is COc1nc2c(cc1NSc1ccc(C3CCCOC3)cc1)CCN(C)CC2. The van der Waals surface area contributed by atoms with Gasteiger partial charge in [-0.25, -0.2) is 4.98 Å². The van der Waals surface area contributed by atoms with Crippen LogP contribution < -0.4 is 9.46 Å². The number of fused-ring (bicyclic) bond motifs is 1. The molecule has 1 atom stereocenters. The van der Waals surface area contributed by atoms with E-state index in [-0.39, 0.29) is 0 Å². The molecule has 2 aliphatic heterocycles. The number of likely N-dealkylation sites (N-methyl/N-ethyl adjacent to an activating group) is 1. The largest absolute Gasteiger partial charge is 0.479 e. The first-order valence-electron chi connectivity index (χ1n) is 10.1.